The Balaban J connectivity index is 1.41. The highest BCUT2D eigenvalue weighted by molar-refractivity contribution is 6.33. The van der Waals surface area contributed by atoms with Gasteiger partial charge in [0.25, 0.3) is 0 Å². The maximum absolute atomic E-state index is 14.6. The van der Waals surface area contributed by atoms with Crippen molar-refractivity contribution in [1.29, 1.82) is 0 Å². The molecule has 2 aromatic carbocycles. The van der Waals surface area contributed by atoms with Crippen molar-refractivity contribution < 1.29 is 24.2 Å². The van der Waals surface area contributed by atoms with E-state index < -0.39 is 11.4 Å². The van der Waals surface area contributed by atoms with E-state index in [2.05, 4.69) is 0 Å². The number of aromatic nitrogens is 4. The standard InChI is InChI=1S/C52H46Cl2N6O6/c1-29-10-6-14-35(55-29)23-59(24-36-15-7-11-30(2)56-36)27-43-48(62)45(53)21-41-47(40-20-34(33(5)61)18-19-39(40)52(64)65)42-22-46(54)49(63)44(51(42)66-50(41)43)28-60(25-37-16-8-12-31(3)57-37)26-38-17-9-13-32(4)58-38/h6-22,62H,23-28H2,1-5H3,(H,64,65). The van der Waals surface area contributed by atoms with Crippen LogP contribution in [-0.2, 0) is 39.3 Å². The van der Waals surface area contributed by atoms with Gasteiger partial charge in [0, 0.05) is 84.1 Å². The number of carbonyl (C=O) groups is 2. The molecule has 66 heavy (non-hydrogen) atoms. The van der Waals surface area contributed by atoms with Crippen LogP contribution in [0.5, 0.6) is 5.75 Å². The minimum absolute atomic E-state index is 0.00601. The summed E-state index contributed by atoms with van der Waals surface area (Å²) in [5.74, 6) is -1.73. The fourth-order valence-electron chi connectivity index (χ4n) is 8.38. The number of phenolic OH excluding ortho intramolecular Hbond substituents is 1. The van der Waals surface area contributed by atoms with E-state index in [1.54, 1.807) is 0 Å². The van der Waals surface area contributed by atoms with Gasteiger partial charge in [-0.2, -0.15) is 0 Å². The molecule has 1 aliphatic heterocycles. The molecule has 0 unspecified atom stereocenters. The van der Waals surface area contributed by atoms with Gasteiger partial charge < -0.3 is 14.6 Å². The lowest BCUT2D eigenvalue weighted by atomic mass is 9.87. The third-order valence-electron chi connectivity index (χ3n) is 11.3. The Bertz CT molecular complexity index is 3110. The summed E-state index contributed by atoms with van der Waals surface area (Å²) in [5, 5.41) is 22.9. The van der Waals surface area contributed by atoms with Crippen molar-refractivity contribution in [2.45, 2.75) is 73.9 Å². The van der Waals surface area contributed by atoms with Crippen LogP contribution in [0, 0.1) is 27.7 Å². The highest BCUT2D eigenvalue weighted by Crippen LogP contribution is 2.48. The summed E-state index contributed by atoms with van der Waals surface area (Å²) in [5.41, 5.74) is 7.27. The second-order valence-corrected chi connectivity index (χ2v) is 17.4. The molecule has 12 nitrogen and oxygen atoms in total. The number of nitrogens with zero attached hydrogens (tertiary/aromatic N) is 6. The molecule has 0 saturated heterocycles. The molecule has 0 radical (unpaired) electrons. The number of carbonyl (C=O) groups excluding carboxylic acids is 1. The van der Waals surface area contributed by atoms with Gasteiger partial charge in [-0.25, -0.2) is 4.79 Å². The number of rotatable bonds is 15. The molecule has 0 fully saturated rings. The van der Waals surface area contributed by atoms with Crippen LogP contribution in [0.2, 0.25) is 10.0 Å². The summed E-state index contributed by atoms with van der Waals surface area (Å²) in [4.78, 5) is 63.8. The van der Waals surface area contributed by atoms with E-state index in [4.69, 9.17) is 47.6 Å². The molecule has 334 valence electrons. The van der Waals surface area contributed by atoms with Crippen LogP contribution in [0.1, 0.15) is 84.3 Å². The van der Waals surface area contributed by atoms with Crippen LogP contribution in [0.3, 0.4) is 0 Å². The molecule has 6 aromatic rings. The lowest BCUT2D eigenvalue weighted by Crippen LogP contribution is -2.28. The van der Waals surface area contributed by atoms with Gasteiger partial charge in [0.1, 0.15) is 17.1 Å². The van der Waals surface area contributed by atoms with Gasteiger partial charge in [-0.3, -0.25) is 39.3 Å². The number of fused-ring (bicyclic) bond motifs is 2. The minimum atomic E-state index is -1.26. The molecule has 0 spiro atoms. The molecular formula is C52H46Cl2N6O6. The highest BCUT2D eigenvalue weighted by Gasteiger charge is 2.31. The monoisotopic (exact) mass is 920 g/mol. The number of carboxylic acid groups (broad SMARTS) is 1. The number of halogens is 2. The van der Waals surface area contributed by atoms with Crippen LogP contribution >= 0.6 is 23.2 Å². The maximum Gasteiger partial charge on any atom is 0.336 e. The second kappa shape index (κ2) is 19.3. The Kier molecular flexibility index (Phi) is 13.4. The van der Waals surface area contributed by atoms with E-state index in [-0.39, 0.29) is 79.4 Å². The minimum Gasteiger partial charge on any atom is -0.506 e. The van der Waals surface area contributed by atoms with Crippen molar-refractivity contribution >= 4 is 45.9 Å². The number of aryl methyl sites for hydroxylation is 4. The lowest BCUT2D eigenvalue weighted by Gasteiger charge is -2.26. The third-order valence-corrected chi connectivity index (χ3v) is 11.9. The molecule has 0 amide bonds. The molecule has 5 heterocycles. The van der Waals surface area contributed by atoms with Gasteiger partial charge >= 0.3 is 5.97 Å². The van der Waals surface area contributed by atoms with E-state index in [9.17, 15) is 24.6 Å². The first kappa shape index (κ1) is 45.7. The van der Waals surface area contributed by atoms with E-state index >= 15 is 0 Å². The number of hydrogen-bond acceptors (Lipinski definition) is 11. The Morgan fingerprint density at radius 3 is 1.52 bits per heavy atom. The fourth-order valence-corrected chi connectivity index (χ4v) is 8.83. The lowest BCUT2D eigenvalue weighted by molar-refractivity contribution is 0.0697. The Labute approximate surface area is 391 Å². The molecule has 4 aromatic heterocycles. The summed E-state index contributed by atoms with van der Waals surface area (Å²) in [7, 11) is 0. The van der Waals surface area contributed by atoms with Crippen LogP contribution < -0.4 is 5.43 Å². The van der Waals surface area contributed by atoms with Crippen molar-refractivity contribution in [1.82, 2.24) is 29.7 Å². The van der Waals surface area contributed by atoms with E-state index in [1.807, 2.05) is 110 Å². The van der Waals surface area contributed by atoms with Crippen LogP contribution in [0.4, 0.5) is 0 Å². The molecule has 2 N–H and O–H groups in total. The van der Waals surface area contributed by atoms with Gasteiger partial charge in [-0.1, -0.05) is 53.5 Å². The van der Waals surface area contributed by atoms with E-state index in [0.717, 1.165) is 45.6 Å². The molecule has 0 bridgehead atoms. The topological polar surface area (TPSA) is 163 Å². The van der Waals surface area contributed by atoms with Crippen LogP contribution in [-0.4, -0.2) is 51.7 Å². The highest BCUT2D eigenvalue weighted by atomic mass is 35.5. The quantitative estimate of drug-likeness (QED) is 0.0740. The zero-order valence-electron chi connectivity index (χ0n) is 37.0. The summed E-state index contributed by atoms with van der Waals surface area (Å²) >= 11 is 13.9. The fraction of sp³-hybridized carbons (Fsp3) is 0.212. The average Bonchev–Trinajstić information content (AvgIpc) is 3.26. The number of phenols is 1. The Hall–Kier alpha value is -6.83. The van der Waals surface area contributed by atoms with Gasteiger partial charge in [0.15, 0.2) is 5.78 Å². The first-order valence-corrected chi connectivity index (χ1v) is 22.0. The number of carboxylic acids is 1. The largest absolute Gasteiger partial charge is 0.506 e. The maximum atomic E-state index is 14.6. The van der Waals surface area contributed by atoms with Crippen LogP contribution in [0.25, 0.3) is 33.4 Å². The number of aromatic hydroxyl groups is 1. The molecule has 0 atom stereocenters. The molecule has 2 aliphatic rings. The van der Waals surface area contributed by atoms with Crippen molar-refractivity contribution in [2.24, 2.45) is 0 Å². The number of pyridine rings is 4. The van der Waals surface area contributed by atoms with E-state index in [0.29, 0.717) is 37.1 Å². The smallest absolute Gasteiger partial charge is 0.336 e. The summed E-state index contributed by atoms with van der Waals surface area (Å²) in [6.45, 7) is 10.3. The van der Waals surface area contributed by atoms with E-state index in [1.165, 1.54) is 37.3 Å². The third kappa shape index (κ3) is 10.0. The number of benzene rings is 3. The van der Waals surface area contributed by atoms with Crippen molar-refractivity contribution in [3.05, 3.63) is 191 Å². The number of ketones is 1. The summed E-state index contributed by atoms with van der Waals surface area (Å²) in [6, 6.07) is 30.3. The van der Waals surface area contributed by atoms with Crippen molar-refractivity contribution in [3.8, 4) is 28.2 Å². The number of Topliss-reactive ketones (excluding diaryl/α,β-unsaturated/α-hetero) is 1. The summed E-state index contributed by atoms with van der Waals surface area (Å²) in [6.07, 6.45) is 0. The first-order chi connectivity index (χ1) is 31.6. The van der Waals surface area contributed by atoms with Crippen LogP contribution in [0.15, 0.2) is 112 Å². The van der Waals surface area contributed by atoms with Gasteiger partial charge in [-0.05, 0) is 113 Å². The normalized spacial score (nSPS) is 11.6. The molecular weight excluding hydrogens is 876 g/mol. The van der Waals surface area contributed by atoms with Crippen molar-refractivity contribution in [2.75, 3.05) is 0 Å². The number of hydrogen-bond donors (Lipinski definition) is 2. The van der Waals surface area contributed by atoms with Crippen molar-refractivity contribution in [3.63, 3.8) is 0 Å². The van der Waals surface area contributed by atoms with Gasteiger partial charge in [0.2, 0.25) is 5.43 Å². The Morgan fingerprint density at radius 1 is 0.606 bits per heavy atom. The molecule has 8 rings (SSSR count). The SMILES string of the molecule is CC(=O)c1ccc(C(=O)O)c(-c2c3cc(Cl)c(=O)c(CN(Cc4cccc(C)n4)Cc4cccc(C)n4)c-3oc3c(CN(Cc4cccc(C)n4)Cc4cccc(C)n4)c(O)c(Cl)cc23)c1. The zero-order valence-corrected chi connectivity index (χ0v) is 38.5. The number of aromatic carboxylic acids is 1. The summed E-state index contributed by atoms with van der Waals surface area (Å²) < 4.78 is 6.99. The predicted octanol–water partition coefficient (Wildman–Crippen LogP) is 10.7. The molecule has 14 heteroatoms. The Morgan fingerprint density at radius 2 is 1.08 bits per heavy atom. The average molecular weight is 922 g/mol. The van der Waals surface area contributed by atoms with Gasteiger partial charge in [-0.15, -0.1) is 0 Å². The second-order valence-electron chi connectivity index (χ2n) is 16.6. The molecule has 0 saturated carbocycles. The predicted molar refractivity (Wildman–Crippen MR) is 255 cm³/mol. The first-order valence-electron chi connectivity index (χ1n) is 21.3. The molecule has 1 aliphatic carbocycles. The zero-order chi connectivity index (χ0) is 46.8. The van der Waals surface area contributed by atoms with Gasteiger partial charge in [0.05, 0.1) is 49.5 Å².